The Balaban J connectivity index is 2.13. The van der Waals surface area contributed by atoms with E-state index in [4.69, 9.17) is 11.5 Å². The van der Waals surface area contributed by atoms with Crippen LogP contribution in [0.3, 0.4) is 0 Å². The maximum Gasteiger partial charge on any atom is 0.253 e. The van der Waals surface area contributed by atoms with Crippen molar-refractivity contribution < 1.29 is 4.39 Å². The smallest absolute Gasteiger partial charge is 0.253 e. The summed E-state index contributed by atoms with van der Waals surface area (Å²) >= 11 is 1.25. The van der Waals surface area contributed by atoms with Gasteiger partial charge in [0.05, 0.1) is 0 Å². The van der Waals surface area contributed by atoms with Crippen LogP contribution >= 0.6 is 11.8 Å². The van der Waals surface area contributed by atoms with Crippen LogP contribution in [0.2, 0.25) is 0 Å². The molecule has 1 aromatic heterocycles. The zero-order valence-corrected chi connectivity index (χ0v) is 10.1. The number of nitrogen functional groups attached to an aromatic ring is 2. The molecule has 0 fully saturated rings. The first kappa shape index (κ1) is 12.4. The van der Waals surface area contributed by atoms with Gasteiger partial charge in [-0.3, -0.25) is 4.79 Å². The molecule has 1 aromatic carbocycles. The summed E-state index contributed by atoms with van der Waals surface area (Å²) in [5.41, 5.74) is 11.7. The highest BCUT2D eigenvalue weighted by molar-refractivity contribution is 7.98. The minimum atomic E-state index is -0.389. The minimum Gasteiger partial charge on any atom is -0.399 e. The Hall–Kier alpha value is -2.02. The summed E-state index contributed by atoms with van der Waals surface area (Å²) in [6, 6.07) is 5.49. The van der Waals surface area contributed by atoms with Crippen LogP contribution in [0, 0.1) is 5.82 Å². The van der Waals surface area contributed by atoms with E-state index < -0.39 is 0 Å². The molecule has 2 aromatic rings. The van der Waals surface area contributed by atoms with Crippen molar-refractivity contribution in [3.63, 3.8) is 0 Å². The number of halogens is 1. The third-order valence-electron chi connectivity index (χ3n) is 2.10. The Bertz CT molecular complexity index is 608. The van der Waals surface area contributed by atoms with Gasteiger partial charge >= 0.3 is 0 Å². The van der Waals surface area contributed by atoms with Gasteiger partial charge in [0.25, 0.3) is 5.56 Å². The Kier molecular flexibility index (Phi) is 3.52. The van der Waals surface area contributed by atoms with E-state index in [1.165, 1.54) is 30.0 Å². The molecule has 0 radical (unpaired) electrons. The third-order valence-corrected chi connectivity index (χ3v) is 3.04. The first-order valence-corrected chi connectivity index (χ1v) is 6.06. The highest BCUT2D eigenvalue weighted by Gasteiger charge is 2.03. The van der Waals surface area contributed by atoms with Gasteiger partial charge in [0.1, 0.15) is 11.6 Å². The summed E-state index contributed by atoms with van der Waals surface area (Å²) < 4.78 is 13.1. The Labute approximate surface area is 106 Å². The Morgan fingerprint density at radius 2 is 2.06 bits per heavy atom. The molecule has 0 saturated carbocycles. The molecule has 0 aliphatic carbocycles. The van der Waals surface area contributed by atoms with Gasteiger partial charge in [-0.1, -0.05) is 11.8 Å². The molecule has 94 valence electrons. The molecule has 0 unspecified atom stereocenters. The first-order chi connectivity index (χ1) is 8.52. The van der Waals surface area contributed by atoms with E-state index in [0.717, 1.165) is 0 Å². The average Bonchev–Trinajstić information content (AvgIpc) is 2.23. The molecule has 0 aliphatic rings. The van der Waals surface area contributed by atoms with Crippen LogP contribution in [0.5, 0.6) is 0 Å². The number of hydrogen-bond donors (Lipinski definition) is 3. The second-order valence-electron chi connectivity index (χ2n) is 3.66. The van der Waals surface area contributed by atoms with Crippen LogP contribution in [-0.4, -0.2) is 9.97 Å². The van der Waals surface area contributed by atoms with Crippen LogP contribution in [0.25, 0.3) is 0 Å². The number of H-pyrrole nitrogens is 1. The molecule has 0 amide bonds. The lowest BCUT2D eigenvalue weighted by Crippen LogP contribution is -2.09. The van der Waals surface area contributed by atoms with Crippen LogP contribution in [0.1, 0.15) is 5.56 Å². The highest BCUT2D eigenvalue weighted by atomic mass is 32.2. The number of aromatic nitrogens is 2. The van der Waals surface area contributed by atoms with E-state index in [1.807, 2.05) is 0 Å². The number of thioether (sulfide) groups is 1. The summed E-state index contributed by atoms with van der Waals surface area (Å²) in [4.78, 5) is 17.7. The summed E-state index contributed by atoms with van der Waals surface area (Å²) in [6.07, 6.45) is 0. The van der Waals surface area contributed by atoms with Gasteiger partial charge in [-0.2, -0.15) is 0 Å². The zero-order valence-electron chi connectivity index (χ0n) is 9.31. The maximum atomic E-state index is 13.1. The molecule has 18 heavy (non-hydrogen) atoms. The van der Waals surface area contributed by atoms with Crippen molar-refractivity contribution in [3.8, 4) is 0 Å². The van der Waals surface area contributed by atoms with Crippen LogP contribution in [-0.2, 0) is 5.75 Å². The Morgan fingerprint density at radius 1 is 1.28 bits per heavy atom. The van der Waals surface area contributed by atoms with Crippen LogP contribution in [0.15, 0.2) is 34.2 Å². The molecule has 0 bridgehead atoms. The topological polar surface area (TPSA) is 97.8 Å². The van der Waals surface area contributed by atoms with Crippen LogP contribution < -0.4 is 17.0 Å². The molecule has 0 aliphatic heterocycles. The predicted molar refractivity (Wildman–Crippen MR) is 69.6 cm³/mol. The lowest BCUT2D eigenvalue weighted by Gasteiger charge is -2.03. The fraction of sp³-hybridized carbons (Fsp3) is 0.0909. The molecule has 0 saturated heterocycles. The van der Waals surface area contributed by atoms with Gasteiger partial charge in [-0.15, -0.1) is 0 Å². The zero-order chi connectivity index (χ0) is 13.1. The summed E-state index contributed by atoms with van der Waals surface area (Å²) in [5.74, 6) is 0.202. The maximum absolute atomic E-state index is 13.1. The lowest BCUT2D eigenvalue weighted by molar-refractivity contribution is 0.627. The van der Waals surface area contributed by atoms with Crippen LogP contribution in [0.4, 0.5) is 15.9 Å². The van der Waals surface area contributed by atoms with E-state index in [1.54, 1.807) is 6.07 Å². The number of rotatable bonds is 3. The Morgan fingerprint density at radius 3 is 2.72 bits per heavy atom. The SMILES string of the molecule is Nc1cc(F)cc(CSc2nc(N)cc(=O)[nH]2)c1. The normalized spacial score (nSPS) is 10.5. The highest BCUT2D eigenvalue weighted by Crippen LogP contribution is 2.21. The molecular formula is C11H11FN4OS. The summed E-state index contributed by atoms with van der Waals surface area (Å²) in [7, 11) is 0. The number of benzene rings is 1. The van der Waals surface area contributed by atoms with Crippen molar-refractivity contribution in [1.29, 1.82) is 0 Å². The lowest BCUT2D eigenvalue weighted by atomic mass is 10.2. The number of anilines is 2. The predicted octanol–water partition coefficient (Wildman–Crippen LogP) is 1.37. The summed E-state index contributed by atoms with van der Waals surface area (Å²) in [6.45, 7) is 0. The van der Waals surface area contributed by atoms with Gasteiger partial charge < -0.3 is 16.5 Å². The monoisotopic (exact) mass is 266 g/mol. The third kappa shape index (κ3) is 3.24. The molecule has 1 heterocycles. The fourth-order valence-electron chi connectivity index (χ4n) is 1.43. The minimum absolute atomic E-state index is 0.153. The van der Waals surface area contributed by atoms with Crippen molar-refractivity contribution in [2.75, 3.05) is 11.5 Å². The van der Waals surface area contributed by atoms with E-state index in [2.05, 4.69) is 9.97 Å². The van der Waals surface area contributed by atoms with E-state index >= 15 is 0 Å². The van der Waals surface area contributed by atoms with Crippen molar-refractivity contribution in [1.82, 2.24) is 9.97 Å². The standard InChI is InChI=1S/C11H11FN4OS/c12-7-1-6(2-8(13)3-7)5-18-11-15-9(14)4-10(17)16-11/h1-4H,5,13H2,(H3,14,15,16,17). The van der Waals surface area contributed by atoms with Crippen molar-refractivity contribution in [3.05, 3.63) is 46.0 Å². The molecule has 5 N–H and O–H groups in total. The van der Waals surface area contributed by atoms with Crippen molar-refractivity contribution in [2.24, 2.45) is 0 Å². The average molecular weight is 266 g/mol. The number of nitrogens with zero attached hydrogens (tertiary/aromatic N) is 1. The quantitative estimate of drug-likeness (QED) is 0.443. The number of nitrogens with one attached hydrogen (secondary N) is 1. The van der Waals surface area contributed by atoms with Gasteiger partial charge in [0.15, 0.2) is 5.16 Å². The molecule has 0 spiro atoms. The van der Waals surface area contributed by atoms with Gasteiger partial charge in [0.2, 0.25) is 0 Å². The van der Waals surface area contributed by atoms with Gasteiger partial charge in [-0.05, 0) is 23.8 Å². The largest absolute Gasteiger partial charge is 0.399 e. The molecule has 2 rings (SSSR count). The molecule has 7 heteroatoms. The van der Waals surface area contributed by atoms with Gasteiger partial charge in [-0.25, -0.2) is 9.37 Å². The summed E-state index contributed by atoms with van der Waals surface area (Å²) in [5, 5.41) is 0.392. The molecule has 0 atom stereocenters. The van der Waals surface area contributed by atoms with Gasteiger partial charge in [0, 0.05) is 17.5 Å². The fourth-order valence-corrected chi connectivity index (χ4v) is 2.24. The number of nitrogens with two attached hydrogens (primary N) is 2. The second kappa shape index (κ2) is 5.09. The number of aromatic amines is 1. The molecule has 5 nitrogen and oxygen atoms in total. The van der Waals surface area contributed by atoms with E-state index in [0.29, 0.717) is 22.2 Å². The first-order valence-electron chi connectivity index (χ1n) is 5.07. The van der Waals surface area contributed by atoms with Crippen molar-refractivity contribution in [2.45, 2.75) is 10.9 Å². The van der Waals surface area contributed by atoms with E-state index in [9.17, 15) is 9.18 Å². The molecular weight excluding hydrogens is 255 g/mol. The number of hydrogen-bond acceptors (Lipinski definition) is 5. The van der Waals surface area contributed by atoms with E-state index in [-0.39, 0.29) is 17.2 Å². The second-order valence-corrected chi connectivity index (χ2v) is 4.62. The van der Waals surface area contributed by atoms with Crippen molar-refractivity contribution >= 4 is 23.3 Å².